The first-order valence-corrected chi connectivity index (χ1v) is 14.1. The van der Waals surface area contributed by atoms with E-state index in [9.17, 15) is 19.5 Å². The fraction of sp³-hybridized carbons (Fsp3) is 0.229. The highest BCUT2D eigenvalue weighted by Crippen LogP contribution is 2.32. The zero-order valence-electron chi connectivity index (χ0n) is 23.0. The van der Waals surface area contributed by atoms with Crippen LogP contribution in [0.15, 0.2) is 103 Å². The van der Waals surface area contributed by atoms with Gasteiger partial charge in [-0.1, -0.05) is 91.0 Å². The molecule has 41 heavy (non-hydrogen) atoms. The summed E-state index contributed by atoms with van der Waals surface area (Å²) in [7, 11) is 0. The monoisotopic (exact) mass is 546 g/mol. The fourth-order valence-corrected chi connectivity index (χ4v) is 5.58. The average molecular weight is 547 g/mol. The van der Waals surface area contributed by atoms with Gasteiger partial charge in [-0.15, -0.1) is 0 Å². The number of nitrogens with zero attached hydrogens (tertiary/aromatic N) is 1. The van der Waals surface area contributed by atoms with E-state index >= 15 is 0 Å². The van der Waals surface area contributed by atoms with Crippen LogP contribution in [0.5, 0.6) is 0 Å². The summed E-state index contributed by atoms with van der Waals surface area (Å²) in [6, 6.07) is 32.6. The Bertz CT molecular complexity index is 1530. The van der Waals surface area contributed by atoms with Gasteiger partial charge in [0.1, 0.15) is 0 Å². The number of aryl methyl sites for hydroxylation is 1. The number of amides is 2. The van der Waals surface area contributed by atoms with Crippen molar-refractivity contribution in [2.45, 2.75) is 38.1 Å². The van der Waals surface area contributed by atoms with Crippen LogP contribution in [0, 0.1) is 0 Å². The van der Waals surface area contributed by atoms with Crippen molar-refractivity contribution in [1.29, 1.82) is 0 Å². The molecule has 0 radical (unpaired) electrons. The van der Waals surface area contributed by atoms with Gasteiger partial charge in [-0.25, -0.2) is 0 Å². The van der Waals surface area contributed by atoms with E-state index in [0.717, 1.165) is 30.4 Å². The molecule has 0 spiro atoms. The molecule has 2 amide bonds. The maximum Gasteiger partial charge on any atom is 0.305 e. The molecule has 1 unspecified atom stereocenters. The summed E-state index contributed by atoms with van der Waals surface area (Å²) in [6.45, 7) is 0.478. The largest absolute Gasteiger partial charge is 0.481 e. The number of benzene rings is 4. The van der Waals surface area contributed by atoms with Crippen LogP contribution in [0.3, 0.4) is 0 Å². The Morgan fingerprint density at radius 1 is 0.756 bits per heavy atom. The number of hydrogen-bond acceptors (Lipinski definition) is 3. The van der Waals surface area contributed by atoms with Gasteiger partial charge in [0.05, 0.1) is 12.5 Å². The van der Waals surface area contributed by atoms with Crippen LogP contribution in [0.25, 0.3) is 11.1 Å². The number of rotatable bonds is 10. The molecule has 0 saturated carbocycles. The van der Waals surface area contributed by atoms with Crippen LogP contribution in [-0.2, 0) is 17.6 Å². The van der Waals surface area contributed by atoms with Gasteiger partial charge in [-0.3, -0.25) is 14.4 Å². The minimum Gasteiger partial charge on any atom is -0.481 e. The Labute approximate surface area is 240 Å². The maximum atomic E-state index is 13.9. The molecule has 0 heterocycles. The minimum absolute atomic E-state index is 0.0677. The molecule has 5 rings (SSSR count). The number of fused-ring (bicyclic) bond motifs is 1. The highest BCUT2D eigenvalue weighted by atomic mass is 16.4. The van der Waals surface area contributed by atoms with Gasteiger partial charge in [0.2, 0.25) is 0 Å². The molecule has 6 nitrogen and oxygen atoms in total. The van der Waals surface area contributed by atoms with Gasteiger partial charge < -0.3 is 15.3 Å². The van der Waals surface area contributed by atoms with E-state index < -0.39 is 5.97 Å². The molecule has 0 fully saturated rings. The molecule has 0 aliphatic heterocycles. The van der Waals surface area contributed by atoms with Gasteiger partial charge in [-0.05, 0) is 65.6 Å². The second kappa shape index (κ2) is 13.1. The summed E-state index contributed by atoms with van der Waals surface area (Å²) in [5.74, 6) is -1.40. The molecule has 0 saturated heterocycles. The number of carboxylic acids is 1. The topological polar surface area (TPSA) is 86.7 Å². The first-order valence-electron chi connectivity index (χ1n) is 14.1. The molecule has 4 aromatic carbocycles. The van der Waals surface area contributed by atoms with Crippen molar-refractivity contribution in [3.8, 4) is 11.1 Å². The number of aliphatic carboxylic acids is 1. The third kappa shape index (κ3) is 6.72. The predicted molar refractivity (Wildman–Crippen MR) is 160 cm³/mol. The zero-order chi connectivity index (χ0) is 28.6. The molecule has 208 valence electrons. The van der Waals surface area contributed by atoms with Crippen LogP contribution < -0.4 is 5.32 Å². The third-order valence-corrected chi connectivity index (χ3v) is 7.69. The zero-order valence-corrected chi connectivity index (χ0v) is 23.0. The van der Waals surface area contributed by atoms with Crippen molar-refractivity contribution < 1.29 is 19.5 Å². The highest BCUT2D eigenvalue weighted by molar-refractivity contribution is 6.06. The Kier molecular flexibility index (Phi) is 8.89. The van der Waals surface area contributed by atoms with E-state index in [0.29, 0.717) is 35.2 Å². The lowest BCUT2D eigenvalue weighted by Gasteiger charge is -2.27. The smallest absolute Gasteiger partial charge is 0.305 e. The number of nitrogens with one attached hydrogen (secondary N) is 1. The van der Waals surface area contributed by atoms with Crippen molar-refractivity contribution in [2.24, 2.45) is 0 Å². The van der Waals surface area contributed by atoms with E-state index in [1.165, 1.54) is 5.56 Å². The summed E-state index contributed by atoms with van der Waals surface area (Å²) in [4.78, 5) is 40.6. The van der Waals surface area contributed by atoms with Crippen LogP contribution in [0.1, 0.15) is 62.7 Å². The lowest BCUT2D eigenvalue weighted by atomic mass is 9.87. The molecule has 0 aromatic heterocycles. The van der Waals surface area contributed by atoms with Crippen LogP contribution >= 0.6 is 0 Å². The molecular weight excluding hydrogens is 512 g/mol. The first-order chi connectivity index (χ1) is 20.0. The van der Waals surface area contributed by atoms with Crippen molar-refractivity contribution >= 4 is 17.8 Å². The van der Waals surface area contributed by atoms with Gasteiger partial charge in [-0.2, -0.15) is 0 Å². The van der Waals surface area contributed by atoms with E-state index in [1.54, 1.807) is 23.1 Å². The predicted octanol–water partition coefficient (Wildman–Crippen LogP) is 6.32. The summed E-state index contributed by atoms with van der Waals surface area (Å²) >= 11 is 0. The van der Waals surface area contributed by atoms with E-state index in [-0.39, 0.29) is 30.8 Å². The van der Waals surface area contributed by atoms with Crippen LogP contribution in [0.4, 0.5) is 0 Å². The molecule has 4 aromatic rings. The van der Waals surface area contributed by atoms with Gasteiger partial charge in [0.15, 0.2) is 0 Å². The Morgan fingerprint density at radius 3 is 2.15 bits per heavy atom. The van der Waals surface area contributed by atoms with Crippen LogP contribution in [0.2, 0.25) is 0 Å². The summed E-state index contributed by atoms with van der Waals surface area (Å²) < 4.78 is 0. The quantitative estimate of drug-likeness (QED) is 0.244. The van der Waals surface area contributed by atoms with Gasteiger partial charge in [0, 0.05) is 24.2 Å². The lowest BCUT2D eigenvalue weighted by molar-refractivity contribution is -0.137. The molecule has 1 atom stereocenters. The van der Waals surface area contributed by atoms with E-state index in [1.807, 2.05) is 72.8 Å². The number of hydrogen-bond donors (Lipinski definition) is 2. The third-order valence-electron chi connectivity index (χ3n) is 7.69. The highest BCUT2D eigenvalue weighted by Gasteiger charge is 2.25. The molecule has 0 bridgehead atoms. The average Bonchev–Trinajstić information content (AvgIpc) is 3.01. The number of carboxylic acid groups (broad SMARTS) is 1. The second-order valence-corrected chi connectivity index (χ2v) is 10.4. The van der Waals surface area contributed by atoms with Crippen molar-refractivity contribution in [2.75, 3.05) is 13.1 Å². The molecular formula is C35H34N2O4. The first kappa shape index (κ1) is 27.8. The standard InChI is InChI=1S/C35H34N2O4/c38-33(39)22-24-37(23-21-25-11-2-1-3-12-25)35(41)31-19-9-7-17-29(31)28-16-6-8-18-30(28)34(40)36-32-20-10-14-26-13-4-5-15-27(26)32/h1-9,11-13,15-19,32H,10,14,20-24H2,(H,36,40)(H,38,39). The van der Waals surface area contributed by atoms with Crippen molar-refractivity contribution in [3.63, 3.8) is 0 Å². The number of carbonyl (C=O) groups is 3. The van der Waals surface area contributed by atoms with Gasteiger partial charge in [0.25, 0.3) is 11.8 Å². The van der Waals surface area contributed by atoms with E-state index in [2.05, 4.69) is 17.4 Å². The normalized spacial score (nSPS) is 14.1. The Balaban J connectivity index is 1.43. The molecule has 2 N–H and O–H groups in total. The maximum absolute atomic E-state index is 13.9. The van der Waals surface area contributed by atoms with Crippen molar-refractivity contribution in [1.82, 2.24) is 10.2 Å². The van der Waals surface area contributed by atoms with Crippen LogP contribution in [-0.4, -0.2) is 40.9 Å². The Morgan fingerprint density at radius 2 is 1.39 bits per heavy atom. The minimum atomic E-state index is -0.956. The molecule has 6 heteroatoms. The summed E-state index contributed by atoms with van der Waals surface area (Å²) in [5.41, 5.74) is 5.75. The SMILES string of the molecule is O=C(O)CCN(CCc1ccccc1)C(=O)c1ccccc1-c1ccccc1C(=O)NC1CCCc2ccccc21. The number of carbonyl (C=O) groups excluding carboxylic acids is 2. The van der Waals surface area contributed by atoms with Gasteiger partial charge >= 0.3 is 5.97 Å². The molecule has 1 aliphatic carbocycles. The molecule has 1 aliphatic rings. The summed E-state index contributed by atoms with van der Waals surface area (Å²) in [5, 5.41) is 12.6. The second-order valence-electron chi connectivity index (χ2n) is 10.4. The fourth-order valence-electron chi connectivity index (χ4n) is 5.58. The lowest BCUT2D eigenvalue weighted by Crippen LogP contribution is -2.35. The Hall–Kier alpha value is -4.71. The van der Waals surface area contributed by atoms with Crippen molar-refractivity contribution in [3.05, 3.63) is 131 Å². The van der Waals surface area contributed by atoms with E-state index in [4.69, 9.17) is 0 Å². The summed E-state index contributed by atoms with van der Waals surface area (Å²) in [6.07, 6.45) is 3.36.